The Bertz CT molecular complexity index is 1320. The number of para-hydroxylation sites is 1. The smallest absolute Gasteiger partial charge is 0.262 e. The fraction of sp³-hybridized carbons (Fsp3) is 0.240. The Balaban J connectivity index is 1.32. The van der Waals surface area contributed by atoms with E-state index in [1.54, 1.807) is 24.3 Å². The third-order valence-electron chi connectivity index (χ3n) is 5.67. The van der Waals surface area contributed by atoms with Crippen molar-refractivity contribution < 1.29 is 27.4 Å². The molecule has 9 heteroatoms. The summed E-state index contributed by atoms with van der Waals surface area (Å²) in [5, 5.41) is 3.03. The Morgan fingerprint density at radius 1 is 0.824 bits per heavy atom. The molecule has 1 amide bonds. The normalized spacial score (nSPS) is 17.0. The second-order valence-electron chi connectivity index (χ2n) is 8.05. The molecule has 0 radical (unpaired) electrons. The topological polar surface area (TPSA) is 103 Å². The van der Waals surface area contributed by atoms with Crippen molar-refractivity contribution in [2.75, 3.05) is 24.5 Å². The van der Waals surface area contributed by atoms with Gasteiger partial charge in [-0.25, -0.2) is 8.42 Å². The first kappa shape index (κ1) is 22.1. The molecule has 0 saturated heterocycles. The maximum atomic E-state index is 13.0. The van der Waals surface area contributed by atoms with E-state index in [-0.39, 0.29) is 22.5 Å². The van der Waals surface area contributed by atoms with Gasteiger partial charge in [0.1, 0.15) is 5.75 Å². The molecular formula is C25H24N2O6S. The van der Waals surface area contributed by atoms with E-state index >= 15 is 0 Å². The lowest BCUT2D eigenvalue weighted by molar-refractivity contribution is 0.0925. The highest BCUT2D eigenvalue weighted by atomic mass is 32.2. The van der Waals surface area contributed by atoms with Crippen LogP contribution in [-0.4, -0.2) is 34.1 Å². The molecule has 0 spiro atoms. The SMILES string of the molecule is O=C(NC1CCOc2ccccc21)c1cccc(NS(=O)(=O)c2ccc3c(c2)OCCCO3)c1. The molecule has 2 heterocycles. The zero-order valence-electron chi connectivity index (χ0n) is 18.3. The monoisotopic (exact) mass is 480 g/mol. The number of hydrogen-bond acceptors (Lipinski definition) is 6. The van der Waals surface area contributed by atoms with Gasteiger partial charge in [0.15, 0.2) is 11.5 Å². The first-order valence-electron chi connectivity index (χ1n) is 11.0. The quantitative estimate of drug-likeness (QED) is 0.574. The summed E-state index contributed by atoms with van der Waals surface area (Å²) >= 11 is 0. The number of anilines is 1. The lowest BCUT2D eigenvalue weighted by Gasteiger charge is -2.26. The molecule has 0 fully saturated rings. The highest BCUT2D eigenvalue weighted by molar-refractivity contribution is 7.92. The third kappa shape index (κ3) is 4.65. The van der Waals surface area contributed by atoms with Crippen molar-refractivity contribution in [1.82, 2.24) is 5.32 Å². The number of hydrogen-bond donors (Lipinski definition) is 2. The summed E-state index contributed by atoms with van der Waals surface area (Å²) in [6, 6.07) is 18.3. The molecule has 0 saturated carbocycles. The Labute approximate surface area is 197 Å². The van der Waals surface area contributed by atoms with Crippen molar-refractivity contribution in [1.29, 1.82) is 0 Å². The molecule has 8 nitrogen and oxygen atoms in total. The van der Waals surface area contributed by atoms with E-state index in [0.717, 1.165) is 17.7 Å². The lowest BCUT2D eigenvalue weighted by Crippen LogP contribution is -2.32. The molecule has 1 unspecified atom stereocenters. The number of sulfonamides is 1. The van der Waals surface area contributed by atoms with E-state index < -0.39 is 10.0 Å². The molecule has 5 rings (SSSR count). The zero-order chi connectivity index (χ0) is 23.5. The largest absolute Gasteiger partial charge is 0.493 e. The van der Waals surface area contributed by atoms with E-state index in [9.17, 15) is 13.2 Å². The number of ether oxygens (including phenoxy) is 3. The van der Waals surface area contributed by atoms with Crippen molar-refractivity contribution in [3.63, 3.8) is 0 Å². The number of carbonyl (C=O) groups excluding carboxylic acids is 1. The molecule has 0 aliphatic carbocycles. The van der Waals surface area contributed by atoms with Gasteiger partial charge in [0.2, 0.25) is 0 Å². The van der Waals surface area contributed by atoms with Gasteiger partial charge in [-0.05, 0) is 36.4 Å². The standard InChI is InChI=1S/C25H24N2O6S/c28-25(26-21-11-14-33-22-8-2-1-7-20(21)22)17-5-3-6-18(15-17)27-34(29,30)19-9-10-23-24(16-19)32-13-4-12-31-23/h1-3,5-10,15-16,21,27H,4,11-14H2,(H,26,28). The van der Waals surface area contributed by atoms with Crippen LogP contribution in [0.15, 0.2) is 71.6 Å². The van der Waals surface area contributed by atoms with Crippen molar-refractivity contribution in [3.05, 3.63) is 77.9 Å². The average molecular weight is 481 g/mol. The fourth-order valence-electron chi connectivity index (χ4n) is 3.98. The highest BCUT2D eigenvalue weighted by Gasteiger charge is 2.24. The molecule has 3 aromatic carbocycles. The predicted octanol–water partition coefficient (Wildman–Crippen LogP) is 3.90. The van der Waals surface area contributed by atoms with Crippen LogP contribution in [0.2, 0.25) is 0 Å². The van der Waals surface area contributed by atoms with Crippen LogP contribution >= 0.6 is 0 Å². The summed E-state index contributed by atoms with van der Waals surface area (Å²) in [6.07, 6.45) is 1.38. The van der Waals surface area contributed by atoms with Crippen LogP contribution in [-0.2, 0) is 10.0 Å². The first-order valence-corrected chi connectivity index (χ1v) is 12.5. The number of nitrogens with one attached hydrogen (secondary N) is 2. The second kappa shape index (κ2) is 9.26. The summed E-state index contributed by atoms with van der Waals surface area (Å²) in [5.41, 5.74) is 1.56. The van der Waals surface area contributed by atoms with E-state index in [0.29, 0.717) is 43.3 Å². The summed E-state index contributed by atoms with van der Waals surface area (Å²) in [5.74, 6) is 1.38. The minimum absolute atomic E-state index is 0.0467. The number of benzene rings is 3. The average Bonchev–Trinajstić information content (AvgIpc) is 3.09. The van der Waals surface area contributed by atoms with Crippen LogP contribution in [0.5, 0.6) is 17.2 Å². The summed E-state index contributed by atoms with van der Waals surface area (Å²) in [6.45, 7) is 1.49. The number of carbonyl (C=O) groups is 1. The molecule has 176 valence electrons. The lowest BCUT2D eigenvalue weighted by atomic mass is 10.00. The number of fused-ring (bicyclic) bond motifs is 2. The van der Waals surface area contributed by atoms with Gasteiger partial charge in [0.05, 0.1) is 30.8 Å². The van der Waals surface area contributed by atoms with Crippen molar-refractivity contribution in [2.24, 2.45) is 0 Å². The van der Waals surface area contributed by atoms with Crippen LogP contribution in [0, 0.1) is 0 Å². The molecular weight excluding hydrogens is 456 g/mol. The predicted molar refractivity (Wildman–Crippen MR) is 126 cm³/mol. The van der Waals surface area contributed by atoms with Crippen LogP contribution in [0.4, 0.5) is 5.69 Å². The molecule has 34 heavy (non-hydrogen) atoms. The molecule has 2 aliphatic rings. The van der Waals surface area contributed by atoms with Crippen LogP contribution in [0.1, 0.15) is 34.8 Å². The van der Waals surface area contributed by atoms with Gasteiger partial charge < -0.3 is 19.5 Å². The van der Waals surface area contributed by atoms with Gasteiger partial charge in [0, 0.05) is 35.7 Å². The molecule has 2 aliphatic heterocycles. The van der Waals surface area contributed by atoms with E-state index in [2.05, 4.69) is 10.0 Å². The molecule has 1 atom stereocenters. The van der Waals surface area contributed by atoms with Crippen LogP contribution < -0.4 is 24.2 Å². The van der Waals surface area contributed by atoms with Crippen molar-refractivity contribution in [3.8, 4) is 17.2 Å². The summed E-state index contributed by atoms with van der Waals surface area (Å²) in [4.78, 5) is 13.0. The summed E-state index contributed by atoms with van der Waals surface area (Å²) in [7, 11) is -3.90. The maximum Gasteiger partial charge on any atom is 0.262 e. The Kier molecular flexibility index (Phi) is 6.02. The van der Waals surface area contributed by atoms with E-state index in [1.165, 1.54) is 18.2 Å². The molecule has 0 bridgehead atoms. The third-order valence-corrected chi connectivity index (χ3v) is 7.05. The molecule has 3 aromatic rings. The Hall–Kier alpha value is -3.72. The van der Waals surface area contributed by atoms with Crippen LogP contribution in [0.25, 0.3) is 0 Å². The van der Waals surface area contributed by atoms with Gasteiger partial charge >= 0.3 is 0 Å². The maximum absolute atomic E-state index is 13.0. The zero-order valence-corrected chi connectivity index (χ0v) is 19.1. The minimum atomic E-state index is -3.90. The van der Waals surface area contributed by atoms with Gasteiger partial charge in [-0.3, -0.25) is 9.52 Å². The van der Waals surface area contributed by atoms with Crippen molar-refractivity contribution >= 4 is 21.6 Å². The molecule has 0 aromatic heterocycles. The second-order valence-corrected chi connectivity index (χ2v) is 9.73. The Morgan fingerprint density at radius 3 is 2.50 bits per heavy atom. The van der Waals surface area contributed by atoms with Crippen LogP contribution in [0.3, 0.4) is 0 Å². The Morgan fingerprint density at radius 2 is 1.62 bits per heavy atom. The van der Waals surface area contributed by atoms with E-state index in [1.807, 2.05) is 24.3 Å². The van der Waals surface area contributed by atoms with Gasteiger partial charge in [-0.1, -0.05) is 24.3 Å². The van der Waals surface area contributed by atoms with E-state index in [4.69, 9.17) is 14.2 Å². The molecule has 2 N–H and O–H groups in total. The number of rotatable bonds is 5. The number of amides is 1. The van der Waals surface area contributed by atoms with Gasteiger partial charge in [0.25, 0.3) is 15.9 Å². The highest BCUT2D eigenvalue weighted by Crippen LogP contribution is 2.33. The van der Waals surface area contributed by atoms with Gasteiger partial charge in [-0.2, -0.15) is 0 Å². The summed E-state index contributed by atoms with van der Waals surface area (Å²) < 4.78 is 45.3. The van der Waals surface area contributed by atoms with Crippen molar-refractivity contribution in [2.45, 2.75) is 23.8 Å². The van der Waals surface area contributed by atoms with Gasteiger partial charge in [-0.15, -0.1) is 0 Å². The minimum Gasteiger partial charge on any atom is -0.493 e. The fourth-order valence-corrected chi connectivity index (χ4v) is 5.05. The first-order chi connectivity index (χ1) is 16.5.